The highest BCUT2D eigenvalue weighted by molar-refractivity contribution is 9.10. The average molecular weight is 332 g/mol. The maximum atomic E-state index is 6.51. The molecule has 0 saturated heterocycles. The average Bonchev–Trinajstić information content (AvgIpc) is 2.38. The zero-order valence-electron chi connectivity index (χ0n) is 12.8. The van der Waals surface area contributed by atoms with Crippen molar-refractivity contribution in [2.24, 2.45) is 5.73 Å². The van der Waals surface area contributed by atoms with Gasteiger partial charge in [0.2, 0.25) is 0 Å². The van der Waals surface area contributed by atoms with E-state index in [-0.39, 0.29) is 6.04 Å². The Morgan fingerprint density at radius 3 is 1.80 bits per heavy atom. The highest BCUT2D eigenvalue weighted by Crippen LogP contribution is 2.30. The molecule has 2 heteroatoms. The van der Waals surface area contributed by atoms with Gasteiger partial charge in [-0.15, -0.1) is 0 Å². The van der Waals surface area contributed by atoms with E-state index >= 15 is 0 Å². The highest BCUT2D eigenvalue weighted by Gasteiger charge is 2.14. The maximum absolute atomic E-state index is 6.51. The van der Waals surface area contributed by atoms with Crippen LogP contribution in [0.3, 0.4) is 0 Å². The lowest BCUT2D eigenvalue weighted by Crippen LogP contribution is -2.14. The van der Waals surface area contributed by atoms with Crippen LogP contribution in [0.25, 0.3) is 0 Å². The Morgan fingerprint density at radius 2 is 1.25 bits per heavy atom. The fourth-order valence-corrected chi connectivity index (χ4v) is 2.89. The Bertz CT molecular complexity index is 636. The second-order valence-electron chi connectivity index (χ2n) is 5.74. The molecule has 0 aliphatic rings. The normalized spacial score (nSPS) is 12.6. The molecule has 0 aromatic heterocycles. The van der Waals surface area contributed by atoms with E-state index in [1.807, 2.05) is 0 Å². The van der Waals surface area contributed by atoms with Crippen molar-refractivity contribution in [3.8, 4) is 0 Å². The minimum atomic E-state index is -0.0696. The second-order valence-corrected chi connectivity index (χ2v) is 6.53. The van der Waals surface area contributed by atoms with E-state index in [0.717, 1.165) is 0 Å². The van der Waals surface area contributed by atoms with Crippen molar-refractivity contribution in [1.29, 1.82) is 0 Å². The molecule has 2 N–H and O–H groups in total. The quantitative estimate of drug-likeness (QED) is 0.819. The van der Waals surface area contributed by atoms with Crippen molar-refractivity contribution in [1.82, 2.24) is 0 Å². The molecule has 0 fully saturated rings. The number of halogens is 1. The van der Waals surface area contributed by atoms with Gasteiger partial charge in [0, 0.05) is 4.47 Å². The Morgan fingerprint density at radius 1 is 0.750 bits per heavy atom. The summed E-state index contributed by atoms with van der Waals surface area (Å²) in [5.41, 5.74) is 15.2. The molecule has 0 heterocycles. The molecule has 20 heavy (non-hydrogen) atoms. The number of aryl methyl sites for hydroxylation is 5. The van der Waals surface area contributed by atoms with Crippen LogP contribution in [0.1, 0.15) is 45.0 Å². The van der Waals surface area contributed by atoms with Crippen LogP contribution in [0, 0.1) is 34.6 Å². The molecule has 1 unspecified atom stereocenters. The number of hydrogen-bond donors (Lipinski definition) is 1. The molecule has 0 aliphatic carbocycles. The van der Waals surface area contributed by atoms with Gasteiger partial charge in [0.05, 0.1) is 6.04 Å². The van der Waals surface area contributed by atoms with E-state index in [1.54, 1.807) is 0 Å². The first kappa shape index (κ1) is 15.3. The van der Waals surface area contributed by atoms with E-state index in [1.165, 1.54) is 43.4 Å². The van der Waals surface area contributed by atoms with Crippen LogP contribution in [-0.4, -0.2) is 0 Å². The van der Waals surface area contributed by atoms with Crippen LogP contribution in [0.5, 0.6) is 0 Å². The summed E-state index contributed by atoms with van der Waals surface area (Å²) in [4.78, 5) is 0. The standard InChI is InChI=1S/C18H22BrN/c1-10-6-12(3)16(9-11(10)2)18(20)15-7-13(4)17(19)14(5)8-15/h6-9,18H,20H2,1-5H3. The van der Waals surface area contributed by atoms with Crippen molar-refractivity contribution >= 4 is 15.9 Å². The third-order valence-electron chi connectivity index (χ3n) is 4.04. The zero-order valence-corrected chi connectivity index (χ0v) is 14.4. The first-order chi connectivity index (χ1) is 9.31. The van der Waals surface area contributed by atoms with Gasteiger partial charge in [0.15, 0.2) is 0 Å². The van der Waals surface area contributed by atoms with Crippen LogP contribution in [-0.2, 0) is 0 Å². The van der Waals surface area contributed by atoms with Gasteiger partial charge in [0.1, 0.15) is 0 Å². The SMILES string of the molecule is Cc1cc(C)c(C(N)c2cc(C)c(Br)c(C)c2)cc1C. The third kappa shape index (κ3) is 2.82. The third-order valence-corrected chi connectivity index (χ3v) is 5.29. The smallest absolute Gasteiger partial charge is 0.0554 e. The van der Waals surface area contributed by atoms with Crippen LogP contribution in [0.4, 0.5) is 0 Å². The van der Waals surface area contributed by atoms with E-state index in [4.69, 9.17) is 5.73 Å². The van der Waals surface area contributed by atoms with Gasteiger partial charge in [-0.25, -0.2) is 0 Å². The molecule has 0 amide bonds. The summed E-state index contributed by atoms with van der Waals surface area (Å²) >= 11 is 3.61. The first-order valence-electron chi connectivity index (χ1n) is 6.91. The lowest BCUT2D eigenvalue weighted by molar-refractivity contribution is 0.854. The topological polar surface area (TPSA) is 26.0 Å². The summed E-state index contributed by atoms with van der Waals surface area (Å²) in [6.07, 6.45) is 0. The van der Waals surface area contributed by atoms with Crippen LogP contribution in [0.2, 0.25) is 0 Å². The van der Waals surface area contributed by atoms with Crippen LogP contribution >= 0.6 is 15.9 Å². The molecule has 106 valence electrons. The molecule has 0 spiro atoms. The molecule has 0 radical (unpaired) electrons. The Balaban J connectivity index is 2.51. The van der Waals surface area contributed by atoms with E-state index in [2.05, 4.69) is 74.8 Å². The van der Waals surface area contributed by atoms with Crippen LogP contribution < -0.4 is 5.73 Å². The first-order valence-corrected chi connectivity index (χ1v) is 7.70. The van der Waals surface area contributed by atoms with E-state index in [0.29, 0.717) is 0 Å². The van der Waals surface area contributed by atoms with Crippen molar-refractivity contribution < 1.29 is 0 Å². The molecular weight excluding hydrogens is 310 g/mol. The fourth-order valence-electron chi connectivity index (χ4n) is 2.66. The summed E-state index contributed by atoms with van der Waals surface area (Å²) in [7, 11) is 0. The van der Waals surface area contributed by atoms with Gasteiger partial charge in [0.25, 0.3) is 0 Å². The molecular formula is C18H22BrN. The Labute approximate surface area is 130 Å². The predicted molar refractivity (Wildman–Crippen MR) is 90.3 cm³/mol. The Hall–Kier alpha value is -1.12. The van der Waals surface area contributed by atoms with Crippen molar-refractivity contribution in [3.05, 3.63) is 67.7 Å². The summed E-state index contributed by atoms with van der Waals surface area (Å²) in [5, 5.41) is 0. The van der Waals surface area contributed by atoms with E-state index in [9.17, 15) is 0 Å². The minimum absolute atomic E-state index is 0.0696. The largest absolute Gasteiger partial charge is 0.320 e. The molecule has 0 aliphatic heterocycles. The summed E-state index contributed by atoms with van der Waals surface area (Å²) < 4.78 is 1.17. The van der Waals surface area contributed by atoms with Gasteiger partial charge in [-0.1, -0.05) is 40.2 Å². The minimum Gasteiger partial charge on any atom is -0.320 e. The zero-order chi connectivity index (χ0) is 15.0. The highest BCUT2D eigenvalue weighted by atomic mass is 79.9. The van der Waals surface area contributed by atoms with Crippen molar-refractivity contribution in [2.75, 3.05) is 0 Å². The lowest BCUT2D eigenvalue weighted by atomic mass is 9.91. The number of benzene rings is 2. The number of hydrogen-bond acceptors (Lipinski definition) is 1. The molecule has 0 bridgehead atoms. The van der Waals surface area contributed by atoms with Crippen molar-refractivity contribution in [3.63, 3.8) is 0 Å². The molecule has 2 aromatic carbocycles. The van der Waals surface area contributed by atoms with Gasteiger partial charge < -0.3 is 5.73 Å². The maximum Gasteiger partial charge on any atom is 0.0554 e. The number of rotatable bonds is 2. The van der Waals surface area contributed by atoms with E-state index < -0.39 is 0 Å². The van der Waals surface area contributed by atoms with Gasteiger partial charge in [-0.05, 0) is 73.6 Å². The summed E-state index contributed by atoms with van der Waals surface area (Å²) in [6, 6.07) is 8.73. The monoisotopic (exact) mass is 331 g/mol. The lowest BCUT2D eigenvalue weighted by Gasteiger charge is -2.19. The second kappa shape index (κ2) is 5.71. The van der Waals surface area contributed by atoms with Gasteiger partial charge in [-0.2, -0.15) is 0 Å². The number of nitrogens with two attached hydrogens (primary N) is 1. The fraction of sp³-hybridized carbons (Fsp3) is 0.333. The Kier molecular flexibility index (Phi) is 4.36. The van der Waals surface area contributed by atoms with Crippen molar-refractivity contribution in [2.45, 2.75) is 40.7 Å². The molecule has 1 atom stereocenters. The predicted octanol–water partition coefficient (Wildman–Crippen LogP) is 5.04. The molecule has 1 nitrogen and oxygen atoms in total. The summed E-state index contributed by atoms with van der Waals surface area (Å²) in [5.74, 6) is 0. The van der Waals surface area contributed by atoms with Gasteiger partial charge >= 0.3 is 0 Å². The molecule has 2 rings (SSSR count). The van der Waals surface area contributed by atoms with Crippen LogP contribution in [0.15, 0.2) is 28.7 Å². The molecule has 0 saturated carbocycles. The molecule has 2 aromatic rings. The van der Waals surface area contributed by atoms with Gasteiger partial charge in [-0.3, -0.25) is 0 Å². The summed E-state index contributed by atoms with van der Waals surface area (Å²) in [6.45, 7) is 10.6.